The SMILES string of the molecule is CC(c1ccco1)n1cnnc1SCC(=O)O. The van der Waals surface area contributed by atoms with E-state index < -0.39 is 5.97 Å². The van der Waals surface area contributed by atoms with E-state index in [1.54, 1.807) is 23.2 Å². The summed E-state index contributed by atoms with van der Waals surface area (Å²) in [6.07, 6.45) is 3.16. The number of hydrogen-bond donors (Lipinski definition) is 1. The molecule has 0 radical (unpaired) electrons. The van der Waals surface area contributed by atoms with Crippen molar-refractivity contribution in [3.05, 3.63) is 30.5 Å². The lowest BCUT2D eigenvalue weighted by Crippen LogP contribution is -2.07. The Bertz CT molecular complexity index is 495. The van der Waals surface area contributed by atoms with Gasteiger partial charge in [-0.15, -0.1) is 10.2 Å². The van der Waals surface area contributed by atoms with E-state index in [9.17, 15) is 4.79 Å². The van der Waals surface area contributed by atoms with Gasteiger partial charge in [0.25, 0.3) is 0 Å². The number of aromatic nitrogens is 3. The van der Waals surface area contributed by atoms with Crippen LogP contribution in [-0.4, -0.2) is 31.6 Å². The minimum absolute atomic E-state index is 0.0381. The summed E-state index contributed by atoms with van der Waals surface area (Å²) in [6, 6.07) is 3.60. The maximum Gasteiger partial charge on any atom is 0.313 e. The van der Waals surface area contributed by atoms with E-state index in [4.69, 9.17) is 9.52 Å². The summed E-state index contributed by atoms with van der Waals surface area (Å²) in [5.41, 5.74) is 0. The number of rotatable bonds is 5. The van der Waals surface area contributed by atoms with Crippen LogP contribution in [0.4, 0.5) is 0 Å². The Morgan fingerprint density at radius 3 is 3.18 bits per heavy atom. The first-order valence-electron chi connectivity index (χ1n) is 4.96. The quantitative estimate of drug-likeness (QED) is 0.816. The first-order chi connectivity index (χ1) is 8.18. The highest BCUT2D eigenvalue weighted by Crippen LogP contribution is 2.24. The van der Waals surface area contributed by atoms with Crippen LogP contribution in [0.2, 0.25) is 0 Å². The molecule has 0 saturated heterocycles. The molecule has 2 rings (SSSR count). The van der Waals surface area contributed by atoms with Gasteiger partial charge in [0.05, 0.1) is 18.1 Å². The predicted octanol–water partition coefficient (Wildman–Crippen LogP) is 1.66. The second kappa shape index (κ2) is 5.05. The Morgan fingerprint density at radius 1 is 1.71 bits per heavy atom. The van der Waals surface area contributed by atoms with E-state index in [0.29, 0.717) is 5.16 Å². The van der Waals surface area contributed by atoms with Crippen molar-refractivity contribution in [1.29, 1.82) is 0 Å². The van der Waals surface area contributed by atoms with Gasteiger partial charge in [0.1, 0.15) is 12.1 Å². The van der Waals surface area contributed by atoms with E-state index in [1.807, 2.05) is 13.0 Å². The van der Waals surface area contributed by atoms with Crippen molar-refractivity contribution in [2.45, 2.75) is 18.1 Å². The molecule has 1 atom stereocenters. The standard InChI is InChI=1S/C10H11N3O3S/c1-7(8-3-2-4-16-8)13-6-11-12-10(13)17-5-9(14)15/h2-4,6-7H,5H2,1H3,(H,14,15). The lowest BCUT2D eigenvalue weighted by molar-refractivity contribution is -0.133. The Morgan fingerprint density at radius 2 is 2.53 bits per heavy atom. The van der Waals surface area contributed by atoms with Crippen LogP contribution in [0.5, 0.6) is 0 Å². The summed E-state index contributed by atoms with van der Waals surface area (Å²) in [5.74, 6) is -0.138. The summed E-state index contributed by atoms with van der Waals surface area (Å²) in [4.78, 5) is 10.5. The van der Waals surface area contributed by atoms with Gasteiger partial charge >= 0.3 is 5.97 Å². The zero-order valence-corrected chi connectivity index (χ0v) is 9.92. The average molecular weight is 253 g/mol. The summed E-state index contributed by atoms with van der Waals surface area (Å²) in [5, 5.41) is 16.9. The average Bonchev–Trinajstić information content (AvgIpc) is 2.96. The van der Waals surface area contributed by atoms with Gasteiger partial charge in [0, 0.05) is 0 Å². The Hall–Kier alpha value is -1.76. The van der Waals surface area contributed by atoms with Crippen molar-refractivity contribution in [3.63, 3.8) is 0 Å². The van der Waals surface area contributed by atoms with E-state index in [0.717, 1.165) is 17.5 Å². The topological polar surface area (TPSA) is 81.2 Å². The number of aliphatic carboxylic acids is 1. The van der Waals surface area contributed by atoms with Crippen molar-refractivity contribution in [2.75, 3.05) is 5.75 Å². The molecule has 17 heavy (non-hydrogen) atoms. The number of carbonyl (C=O) groups is 1. The molecule has 90 valence electrons. The van der Waals surface area contributed by atoms with Crippen LogP contribution in [0.25, 0.3) is 0 Å². The molecule has 1 N–H and O–H groups in total. The van der Waals surface area contributed by atoms with Crippen molar-refractivity contribution in [2.24, 2.45) is 0 Å². The lowest BCUT2D eigenvalue weighted by Gasteiger charge is -2.11. The van der Waals surface area contributed by atoms with Crippen LogP contribution in [-0.2, 0) is 4.79 Å². The molecule has 1 unspecified atom stereocenters. The molecule has 0 aliphatic rings. The van der Waals surface area contributed by atoms with Crippen LogP contribution >= 0.6 is 11.8 Å². The lowest BCUT2D eigenvalue weighted by atomic mass is 10.2. The second-order valence-corrected chi connectivity index (χ2v) is 4.34. The zero-order valence-electron chi connectivity index (χ0n) is 9.11. The molecule has 2 aromatic heterocycles. The molecule has 0 aliphatic heterocycles. The van der Waals surface area contributed by atoms with Crippen LogP contribution in [0.3, 0.4) is 0 Å². The molecule has 0 bridgehead atoms. The van der Waals surface area contributed by atoms with Crippen LogP contribution in [0, 0.1) is 0 Å². The van der Waals surface area contributed by atoms with Crippen LogP contribution < -0.4 is 0 Å². The fraction of sp³-hybridized carbons (Fsp3) is 0.300. The number of carboxylic acid groups (broad SMARTS) is 1. The molecule has 0 spiro atoms. The van der Waals surface area contributed by atoms with Crippen molar-refractivity contribution in [1.82, 2.24) is 14.8 Å². The van der Waals surface area contributed by atoms with Gasteiger partial charge < -0.3 is 9.52 Å². The fourth-order valence-corrected chi connectivity index (χ4v) is 2.11. The van der Waals surface area contributed by atoms with Gasteiger partial charge in [0.2, 0.25) is 0 Å². The molecule has 2 heterocycles. The van der Waals surface area contributed by atoms with Gasteiger partial charge in [-0.25, -0.2) is 0 Å². The Labute approximate surface area is 102 Å². The largest absolute Gasteiger partial charge is 0.481 e. The summed E-state index contributed by atoms with van der Waals surface area (Å²) in [6.45, 7) is 1.94. The van der Waals surface area contributed by atoms with Gasteiger partial charge in [0.15, 0.2) is 5.16 Å². The van der Waals surface area contributed by atoms with Gasteiger partial charge in [-0.1, -0.05) is 11.8 Å². The minimum atomic E-state index is -0.879. The second-order valence-electron chi connectivity index (χ2n) is 3.39. The molecule has 2 aromatic rings. The maximum atomic E-state index is 10.5. The van der Waals surface area contributed by atoms with Crippen molar-refractivity contribution >= 4 is 17.7 Å². The van der Waals surface area contributed by atoms with Crippen molar-refractivity contribution < 1.29 is 14.3 Å². The third-order valence-corrected chi connectivity index (χ3v) is 3.18. The van der Waals surface area contributed by atoms with Gasteiger partial charge in [-0.3, -0.25) is 9.36 Å². The molecular weight excluding hydrogens is 242 g/mol. The fourth-order valence-electron chi connectivity index (χ4n) is 1.39. The van der Waals surface area contributed by atoms with Gasteiger partial charge in [-0.05, 0) is 19.1 Å². The summed E-state index contributed by atoms with van der Waals surface area (Å²) >= 11 is 1.14. The molecule has 0 aromatic carbocycles. The molecule has 7 heteroatoms. The third-order valence-electron chi connectivity index (χ3n) is 2.24. The Balaban J connectivity index is 2.16. The van der Waals surface area contributed by atoms with Crippen LogP contribution in [0.15, 0.2) is 34.3 Å². The Kier molecular flexibility index (Phi) is 3.48. The smallest absolute Gasteiger partial charge is 0.313 e. The maximum absolute atomic E-state index is 10.5. The molecule has 6 nitrogen and oxygen atoms in total. The highest BCUT2D eigenvalue weighted by atomic mass is 32.2. The predicted molar refractivity (Wildman–Crippen MR) is 60.9 cm³/mol. The molecule has 0 aliphatic carbocycles. The highest BCUT2D eigenvalue weighted by molar-refractivity contribution is 7.99. The molecule has 0 amide bonds. The summed E-state index contributed by atoms with van der Waals surface area (Å²) < 4.78 is 7.08. The highest BCUT2D eigenvalue weighted by Gasteiger charge is 2.16. The monoisotopic (exact) mass is 253 g/mol. The molecular formula is C10H11N3O3S. The number of carboxylic acids is 1. The van der Waals surface area contributed by atoms with Gasteiger partial charge in [-0.2, -0.15) is 0 Å². The number of thioether (sulfide) groups is 1. The summed E-state index contributed by atoms with van der Waals surface area (Å²) in [7, 11) is 0. The van der Waals surface area contributed by atoms with E-state index in [-0.39, 0.29) is 11.8 Å². The first-order valence-corrected chi connectivity index (χ1v) is 5.94. The zero-order chi connectivity index (χ0) is 12.3. The molecule has 0 fully saturated rings. The van der Waals surface area contributed by atoms with E-state index in [2.05, 4.69) is 10.2 Å². The van der Waals surface area contributed by atoms with Crippen molar-refractivity contribution in [3.8, 4) is 0 Å². The third kappa shape index (κ3) is 2.68. The molecule has 0 saturated carbocycles. The first kappa shape index (κ1) is 11.7. The van der Waals surface area contributed by atoms with Crippen LogP contribution in [0.1, 0.15) is 18.7 Å². The normalized spacial score (nSPS) is 12.5. The number of furan rings is 1. The minimum Gasteiger partial charge on any atom is -0.481 e. The van der Waals surface area contributed by atoms with E-state index in [1.165, 1.54) is 0 Å². The number of hydrogen-bond acceptors (Lipinski definition) is 5. The van der Waals surface area contributed by atoms with E-state index >= 15 is 0 Å². The number of nitrogens with zero attached hydrogens (tertiary/aromatic N) is 3.